The van der Waals surface area contributed by atoms with Gasteiger partial charge in [0.1, 0.15) is 0 Å². The number of amides is 2. The van der Waals surface area contributed by atoms with Gasteiger partial charge in [0.15, 0.2) is 0 Å². The quantitative estimate of drug-likeness (QED) is 0.629. The van der Waals surface area contributed by atoms with E-state index in [-0.39, 0.29) is 31.0 Å². The predicted octanol–water partition coefficient (Wildman–Crippen LogP) is -0.362. The van der Waals surface area contributed by atoms with E-state index in [9.17, 15) is 9.59 Å². The van der Waals surface area contributed by atoms with E-state index in [1.165, 1.54) is 7.11 Å². The number of carbonyl (C=O) groups excluding carboxylic acids is 2. The molecule has 0 aromatic heterocycles. The van der Waals surface area contributed by atoms with Crippen molar-refractivity contribution in [2.75, 3.05) is 26.9 Å². The Labute approximate surface area is 88.3 Å². The van der Waals surface area contributed by atoms with Crippen molar-refractivity contribution < 1.29 is 19.1 Å². The van der Waals surface area contributed by atoms with Crippen molar-refractivity contribution in [3.8, 4) is 0 Å². The minimum Gasteiger partial charge on any atom is -0.469 e. The second kappa shape index (κ2) is 6.23. The molecule has 0 aromatic rings. The molecule has 0 bridgehead atoms. The molecule has 1 unspecified atom stereocenters. The fourth-order valence-corrected chi connectivity index (χ4v) is 1.26. The lowest BCUT2D eigenvalue weighted by atomic mass is 10.3. The molecule has 1 aliphatic rings. The van der Waals surface area contributed by atoms with Gasteiger partial charge in [0, 0.05) is 13.2 Å². The summed E-state index contributed by atoms with van der Waals surface area (Å²) in [5.74, 6) is -0.334. The van der Waals surface area contributed by atoms with Crippen LogP contribution in [0.4, 0.5) is 4.79 Å². The molecule has 0 aliphatic carbocycles. The molecule has 6 nitrogen and oxygen atoms in total. The van der Waals surface area contributed by atoms with Gasteiger partial charge >= 0.3 is 12.0 Å². The van der Waals surface area contributed by atoms with Crippen LogP contribution in [0.2, 0.25) is 0 Å². The second-order valence-corrected chi connectivity index (χ2v) is 3.29. The van der Waals surface area contributed by atoms with Crippen LogP contribution in [-0.2, 0) is 14.3 Å². The third-order valence-electron chi connectivity index (χ3n) is 2.11. The van der Waals surface area contributed by atoms with Crippen LogP contribution in [0.1, 0.15) is 12.8 Å². The highest BCUT2D eigenvalue weighted by Crippen LogP contribution is 2.02. The first-order valence-electron chi connectivity index (χ1n) is 4.91. The molecule has 6 heteroatoms. The Kier molecular flexibility index (Phi) is 4.89. The summed E-state index contributed by atoms with van der Waals surface area (Å²) in [7, 11) is 1.32. The average molecular weight is 216 g/mol. The Morgan fingerprint density at radius 3 is 2.93 bits per heavy atom. The van der Waals surface area contributed by atoms with Crippen LogP contribution < -0.4 is 10.6 Å². The molecule has 1 aliphatic heterocycles. The van der Waals surface area contributed by atoms with Crippen molar-refractivity contribution in [1.82, 2.24) is 10.6 Å². The zero-order chi connectivity index (χ0) is 11.1. The van der Waals surface area contributed by atoms with Crippen molar-refractivity contribution in [3.63, 3.8) is 0 Å². The Hall–Kier alpha value is -1.30. The lowest BCUT2D eigenvalue weighted by Gasteiger charge is -2.11. The molecule has 1 heterocycles. The molecule has 0 aromatic carbocycles. The van der Waals surface area contributed by atoms with E-state index in [4.69, 9.17) is 4.74 Å². The number of methoxy groups -OCH3 is 1. The maximum absolute atomic E-state index is 11.2. The third kappa shape index (κ3) is 4.64. The van der Waals surface area contributed by atoms with Crippen LogP contribution in [0.15, 0.2) is 0 Å². The van der Waals surface area contributed by atoms with Crippen molar-refractivity contribution in [1.29, 1.82) is 0 Å². The van der Waals surface area contributed by atoms with Crippen LogP contribution in [-0.4, -0.2) is 44.9 Å². The minimum absolute atomic E-state index is 0.0862. The van der Waals surface area contributed by atoms with Gasteiger partial charge in [0.25, 0.3) is 0 Å². The van der Waals surface area contributed by atoms with Gasteiger partial charge in [-0.1, -0.05) is 0 Å². The summed E-state index contributed by atoms with van der Waals surface area (Å²) in [6.45, 7) is 1.53. The Bertz CT molecular complexity index is 226. The number of hydrogen-bond acceptors (Lipinski definition) is 4. The van der Waals surface area contributed by atoms with E-state index in [0.29, 0.717) is 13.2 Å². The molecule has 1 rings (SSSR count). The number of rotatable bonds is 4. The SMILES string of the molecule is COC(=O)CCNC(=O)NC1CCOC1. The Morgan fingerprint density at radius 1 is 1.53 bits per heavy atom. The first kappa shape index (κ1) is 11.8. The number of nitrogens with one attached hydrogen (secondary N) is 2. The molecule has 15 heavy (non-hydrogen) atoms. The molecular formula is C9H16N2O4. The molecule has 0 saturated carbocycles. The largest absolute Gasteiger partial charge is 0.469 e. The summed E-state index contributed by atoms with van der Waals surface area (Å²) >= 11 is 0. The predicted molar refractivity (Wildman–Crippen MR) is 52.4 cm³/mol. The van der Waals surface area contributed by atoms with Gasteiger partial charge in [0.2, 0.25) is 0 Å². The topological polar surface area (TPSA) is 76.7 Å². The van der Waals surface area contributed by atoms with Gasteiger partial charge < -0.3 is 20.1 Å². The normalized spacial score (nSPS) is 19.7. The van der Waals surface area contributed by atoms with Crippen LogP contribution in [0, 0.1) is 0 Å². The Balaban J connectivity index is 2.05. The molecule has 0 spiro atoms. The zero-order valence-corrected chi connectivity index (χ0v) is 8.75. The van der Waals surface area contributed by atoms with Crippen molar-refractivity contribution in [2.45, 2.75) is 18.9 Å². The molecule has 2 N–H and O–H groups in total. The van der Waals surface area contributed by atoms with Gasteiger partial charge in [-0.15, -0.1) is 0 Å². The van der Waals surface area contributed by atoms with Gasteiger partial charge in [-0.2, -0.15) is 0 Å². The van der Waals surface area contributed by atoms with Crippen molar-refractivity contribution in [3.05, 3.63) is 0 Å². The van der Waals surface area contributed by atoms with Crippen LogP contribution in [0.25, 0.3) is 0 Å². The average Bonchev–Trinajstić information content (AvgIpc) is 2.70. The summed E-state index contributed by atoms with van der Waals surface area (Å²) in [6.07, 6.45) is 1.02. The van der Waals surface area contributed by atoms with Crippen LogP contribution in [0.3, 0.4) is 0 Å². The van der Waals surface area contributed by atoms with Crippen LogP contribution in [0.5, 0.6) is 0 Å². The number of carbonyl (C=O) groups is 2. The summed E-state index contributed by atoms with van der Waals surface area (Å²) in [5.41, 5.74) is 0. The highest BCUT2D eigenvalue weighted by molar-refractivity contribution is 5.75. The third-order valence-corrected chi connectivity index (χ3v) is 2.11. The van der Waals surface area contributed by atoms with E-state index in [0.717, 1.165) is 6.42 Å². The molecule has 86 valence electrons. The smallest absolute Gasteiger partial charge is 0.315 e. The monoisotopic (exact) mass is 216 g/mol. The molecule has 1 atom stereocenters. The molecule has 0 radical (unpaired) electrons. The maximum atomic E-state index is 11.2. The van der Waals surface area contributed by atoms with E-state index in [1.807, 2.05) is 0 Å². The summed E-state index contributed by atoms with van der Waals surface area (Å²) in [5, 5.41) is 5.31. The highest BCUT2D eigenvalue weighted by atomic mass is 16.5. The lowest BCUT2D eigenvalue weighted by Crippen LogP contribution is -2.42. The van der Waals surface area contributed by atoms with E-state index >= 15 is 0 Å². The summed E-state index contributed by atoms with van der Waals surface area (Å²) in [4.78, 5) is 22.0. The van der Waals surface area contributed by atoms with Crippen molar-refractivity contribution >= 4 is 12.0 Å². The van der Waals surface area contributed by atoms with E-state index < -0.39 is 0 Å². The number of esters is 1. The second-order valence-electron chi connectivity index (χ2n) is 3.29. The summed E-state index contributed by atoms with van der Waals surface area (Å²) in [6, 6.07) is -0.183. The number of hydrogen-bond donors (Lipinski definition) is 2. The first-order valence-corrected chi connectivity index (χ1v) is 4.91. The standard InChI is InChI=1S/C9H16N2O4/c1-14-8(12)2-4-10-9(13)11-7-3-5-15-6-7/h7H,2-6H2,1H3,(H2,10,11,13). The number of ether oxygens (including phenoxy) is 2. The molecular weight excluding hydrogens is 200 g/mol. The molecule has 1 saturated heterocycles. The van der Waals surface area contributed by atoms with E-state index in [2.05, 4.69) is 15.4 Å². The van der Waals surface area contributed by atoms with Gasteiger partial charge in [-0.3, -0.25) is 4.79 Å². The lowest BCUT2D eigenvalue weighted by molar-refractivity contribution is -0.140. The highest BCUT2D eigenvalue weighted by Gasteiger charge is 2.17. The van der Waals surface area contributed by atoms with Gasteiger partial charge in [-0.25, -0.2) is 4.79 Å². The van der Waals surface area contributed by atoms with Gasteiger partial charge in [0.05, 0.1) is 26.2 Å². The molecule has 1 fully saturated rings. The summed E-state index contributed by atoms with van der Waals surface area (Å²) < 4.78 is 9.54. The first-order chi connectivity index (χ1) is 7.22. The fourth-order valence-electron chi connectivity index (χ4n) is 1.26. The molecule has 2 amide bonds. The van der Waals surface area contributed by atoms with Gasteiger partial charge in [-0.05, 0) is 6.42 Å². The minimum atomic E-state index is -0.334. The fraction of sp³-hybridized carbons (Fsp3) is 0.778. The van der Waals surface area contributed by atoms with E-state index in [1.54, 1.807) is 0 Å². The maximum Gasteiger partial charge on any atom is 0.315 e. The van der Waals surface area contributed by atoms with Crippen LogP contribution >= 0.6 is 0 Å². The van der Waals surface area contributed by atoms with Crippen molar-refractivity contribution in [2.24, 2.45) is 0 Å². The Morgan fingerprint density at radius 2 is 2.33 bits per heavy atom. The zero-order valence-electron chi connectivity index (χ0n) is 8.75. The number of urea groups is 1.